The molecule has 0 aromatic heterocycles. The maximum atomic E-state index is 14.4. The minimum Gasteiger partial charge on any atom is -0.467 e. The number of benzene rings is 2. The number of carbonyl (C=O) groups excluding carboxylic acids is 7. The van der Waals surface area contributed by atoms with E-state index in [2.05, 4.69) is 26.6 Å². The molecule has 0 radical (unpaired) electrons. The fourth-order valence-electron chi connectivity index (χ4n) is 7.15. The summed E-state index contributed by atoms with van der Waals surface area (Å²) in [6.45, 7) is 15.9. The summed E-state index contributed by atoms with van der Waals surface area (Å²) in [4.78, 5) is 96.2. The first kappa shape index (κ1) is 51.7. The average Bonchev–Trinajstić information content (AvgIpc) is 3.62. The molecule has 1 saturated heterocycles. The number of rotatable bonds is 20. The first-order chi connectivity index (χ1) is 29.5. The predicted molar refractivity (Wildman–Crippen MR) is 238 cm³/mol. The number of carbonyl (C=O) groups is 7. The van der Waals surface area contributed by atoms with Gasteiger partial charge in [0.2, 0.25) is 23.6 Å². The average molecular weight is 879 g/mol. The van der Waals surface area contributed by atoms with Crippen LogP contribution in [0.5, 0.6) is 0 Å². The summed E-state index contributed by atoms with van der Waals surface area (Å²) in [5.74, 6) is -3.30. The second-order valence-corrected chi connectivity index (χ2v) is 18.7. The van der Waals surface area contributed by atoms with Gasteiger partial charge < -0.3 is 45.7 Å². The van der Waals surface area contributed by atoms with Gasteiger partial charge in [-0.3, -0.25) is 19.2 Å². The van der Waals surface area contributed by atoms with Gasteiger partial charge in [0.25, 0.3) is 0 Å². The van der Waals surface area contributed by atoms with E-state index >= 15 is 0 Å². The molecule has 0 bridgehead atoms. The number of likely N-dealkylation sites (tertiary alicyclic amines) is 1. The van der Waals surface area contributed by atoms with E-state index in [1.807, 2.05) is 74.5 Å². The van der Waals surface area contributed by atoms with Gasteiger partial charge in [0.05, 0.1) is 13.7 Å². The Bertz CT molecular complexity index is 1850. The van der Waals surface area contributed by atoms with Crippen LogP contribution in [0, 0.1) is 11.8 Å². The Kier molecular flexibility index (Phi) is 19.4. The van der Waals surface area contributed by atoms with Gasteiger partial charge in [0.1, 0.15) is 29.3 Å². The number of hydrogen-bond acceptors (Lipinski definition) is 10. The molecule has 2 aromatic carbocycles. The SMILES string of the molecule is COC(=O)C1(NC(=O)OC(C)(C)C)CCN(C(=O)[C@@H](CCCCNC(=O)OC(C)(C)C)NC(=O)[C@@H](CC(C)C)NC(=O)[C@@H](Cc2ccccc2)NC(=O)[C@H](C)Cc2ccccc2)C1. The number of esters is 1. The molecule has 3 rings (SSSR count). The third-order valence-corrected chi connectivity index (χ3v) is 10.2. The standard InChI is InChI=1S/C47H70N6O10/c1-31(2)27-36(51-40(56)37(29-34-21-15-12-16-22-34)50-38(54)32(3)28-33-19-13-11-14-20-33)39(55)49-35(23-17-18-25-48-43(59)62-45(4,5)6)41(57)53-26-24-47(30-53,42(58)61-10)52-44(60)63-46(7,8)9/h11-16,19-22,31-32,35-37H,17-18,23-30H2,1-10H3,(H,48,59)(H,49,55)(H,50,54)(H,51,56)(H,52,60)/t32-,35-,36-,37-,47?/m1/s1. The van der Waals surface area contributed by atoms with E-state index in [1.54, 1.807) is 48.5 Å². The third-order valence-electron chi connectivity index (χ3n) is 10.2. The topological polar surface area (TPSA) is 211 Å². The molecule has 0 spiro atoms. The lowest BCUT2D eigenvalue weighted by molar-refractivity contribution is -0.148. The van der Waals surface area contributed by atoms with Crippen LogP contribution in [0.4, 0.5) is 9.59 Å². The van der Waals surface area contributed by atoms with Gasteiger partial charge in [-0.05, 0) is 90.7 Å². The van der Waals surface area contributed by atoms with Crippen LogP contribution in [0.3, 0.4) is 0 Å². The molecule has 1 aliphatic heterocycles. The maximum absolute atomic E-state index is 14.4. The van der Waals surface area contributed by atoms with Gasteiger partial charge in [-0.1, -0.05) is 81.4 Å². The van der Waals surface area contributed by atoms with Crippen molar-refractivity contribution in [1.82, 2.24) is 31.5 Å². The molecule has 1 heterocycles. The van der Waals surface area contributed by atoms with Crippen molar-refractivity contribution >= 4 is 41.8 Å². The van der Waals surface area contributed by atoms with Crippen LogP contribution in [0.15, 0.2) is 60.7 Å². The summed E-state index contributed by atoms with van der Waals surface area (Å²) in [6.07, 6.45) is 0.370. The molecule has 0 aliphatic carbocycles. The van der Waals surface area contributed by atoms with E-state index in [0.29, 0.717) is 19.3 Å². The number of nitrogens with one attached hydrogen (secondary N) is 5. The molecule has 0 saturated carbocycles. The number of methoxy groups -OCH3 is 1. The summed E-state index contributed by atoms with van der Waals surface area (Å²) in [7, 11) is 1.18. The molecule has 348 valence electrons. The lowest BCUT2D eigenvalue weighted by Crippen LogP contribution is -2.59. The second-order valence-electron chi connectivity index (χ2n) is 18.7. The Morgan fingerprint density at radius 2 is 1.21 bits per heavy atom. The predicted octanol–water partition coefficient (Wildman–Crippen LogP) is 4.97. The van der Waals surface area contributed by atoms with E-state index in [9.17, 15) is 33.6 Å². The molecule has 16 heteroatoms. The number of ether oxygens (including phenoxy) is 3. The Labute approximate surface area is 372 Å². The molecule has 16 nitrogen and oxygen atoms in total. The van der Waals surface area contributed by atoms with Gasteiger partial charge in [-0.2, -0.15) is 0 Å². The van der Waals surface area contributed by atoms with Crippen molar-refractivity contribution in [1.29, 1.82) is 0 Å². The van der Waals surface area contributed by atoms with E-state index in [-0.39, 0.29) is 57.1 Å². The number of nitrogens with zero attached hydrogens (tertiary/aromatic N) is 1. The van der Waals surface area contributed by atoms with Gasteiger partial charge >= 0.3 is 18.2 Å². The highest BCUT2D eigenvalue weighted by atomic mass is 16.6. The number of unbranched alkanes of at least 4 members (excludes halogenated alkanes) is 1. The molecule has 5 N–H and O–H groups in total. The molecule has 1 fully saturated rings. The quantitative estimate of drug-likeness (QED) is 0.0685. The van der Waals surface area contributed by atoms with Crippen molar-refractivity contribution in [3.8, 4) is 0 Å². The molecule has 5 atom stereocenters. The molecule has 63 heavy (non-hydrogen) atoms. The lowest BCUT2D eigenvalue weighted by Gasteiger charge is -2.31. The maximum Gasteiger partial charge on any atom is 0.408 e. The first-order valence-corrected chi connectivity index (χ1v) is 21.8. The summed E-state index contributed by atoms with van der Waals surface area (Å²) < 4.78 is 15.8. The van der Waals surface area contributed by atoms with E-state index < -0.39 is 76.7 Å². The van der Waals surface area contributed by atoms with Crippen molar-refractivity contribution < 1.29 is 47.8 Å². The van der Waals surface area contributed by atoms with Crippen LogP contribution in [-0.2, 0) is 51.0 Å². The molecule has 6 amide bonds. The van der Waals surface area contributed by atoms with E-state index in [4.69, 9.17) is 14.2 Å². The minimum atomic E-state index is -1.61. The zero-order valence-electron chi connectivity index (χ0n) is 38.8. The normalized spacial score (nSPS) is 17.0. The fraction of sp³-hybridized carbons (Fsp3) is 0.596. The smallest absolute Gasteiger partial charge is 0.408 e. The minimum absolute atomic E-state index is 0.0235. The molecular weight excluding hydrogens is 809 g/mol. The Morgan fingerprint density at radius 3 is 1.76 bits per heavy atom. The van der Waals surface area contributed by atoms with E-state index in [1.165, 1.54) is 12.0 Å². The van der Waals surface area contributed by atoms with Crippen molar-refractivity contribution in [2.24, 2.45) is 11.8 Å². The van der Waals surface area contributed by atoms with Gasteiger partial charge in [0.15, 0.2) is 5.54 Å². The van der Waals surface area contributed by atoms with Crippen molar-refractivity contribution in [3.63, 3.8) is 0 Å². The van der Waals surface area contributed by atoms with Crippen LogP contribution >= 0.6 is 0 Å². The van der Waals surface area contributed by atoms with Crippen LogP contribution in [0.25, 0.3) is 0 Å². The Morgan fingerprint density at radius 1 is 0.683 bits per heavy atom. The van der Waals surface area contributed by atoms with Crippen molar-refractivity contribution in [2.45, 2.75) is 142 Å². The number of amides is 6. The van der Waals surface area contributed by atoms with Gasteiger partial charge in [0, 0.05) is 31.8 Å². The highest BCUT2D eigenvalue weighted by Gasteiger charge is 2.50. The van der Waals surface area contributed by atoms with Crippen LogP contribution in [0.2, 0.25) is 0 Å². The van der Waals surface area contributed by atoms with Crippen LogP contribution in [0.1, 0.15) is 106 Å². The van der Waals surface area contributed by atoms with E-state index in [0.717, 1.165) is 11.1 Å². The molecule has 1 aliphatic rings. The summed E-state index contributed by atoms with van der Waals surface area (Å²) in [6, 6.07) is 15.6. The molecule has 1 unspecified atom stereocenters. The van der Waals surface area contributed by atoms with Crippen LogP contribution in [-0.4, -0.2) is 108 Å². The van der Waals surface area contributed by atoms with Crippen molar-refractivity contribution in [2.75, 3.05) is 26.7 Å². The number of hydrogen-bond donors (Lipinski definition) is 5. The zero-order valence-corrected chi connectivity index (χ0v) is 38.8. The first-order valence-electron chi connectivity index (χ1n) is 21.8. The van der Waals surface area contributed by atoms with Gasteiger partial charge in [-0.25, -0.2) is 14.4 Å². The monoisotopic (exact) mass is 879 g/mol. The Hall–Kier alpha value is -5.67. The largest absolute Gasteiger partial charge is 0.467 e. The summed E-state index contributed by atoms with van der Waals surface area (Å²) in [5.41, 5.74) is -1.37. The fourth-order valence-corrected chi connectivity index (χ4v) is 7.15. The summed E-state index contributed by atoms with van der Waals surface area (Å²) >= 11 is 0. The molecular formula is C47H70N6O10. The zero-order chi connectivity index (χ0) is 47.0. The third kappa shape index (κ3) is 17.9. The van der Waals surface area contributed by atoms with Gasteiger partial charge in [-0.15, -0.1) is 0 Å². The Balaban J connectivity index is 1.86. The molecule has 2 aromatic rings. The highest BCUT2D eigenvalue weighted by molar-refractivity contribution is 5.95. The lowest BCUT2D eigenvalue weighted by atomic mass is 9.98. The second kappa shape index (κ2) is 23.7. The summed E-state index contributed by atoms with van der Waals surface area (Å²) in [5, 5.41) is 14.0. The highest BCUT2D eigenvalue weighted by Crippen LogP contribution is 2.26. The number of alkyl carbamates (subject to hydrolysis) is 2. The van der Waals surface area contributed by atoms with Crippen LogP contribution < -0.4 is 26.6 Å². The van der Waals surface area contributed by atoms with Crippen molar-refractivity contribution in [3.05, 3.63) is 71.8 Å².